The van der Waals surface area contributed by atoms with Crippen LogP contribution in [0.3, 0.4) is 0 Å². The van der Waals surface area contributed by atoms with Gasteiger partial charge in [-0.25, -0.2) is 4.90 Å². The standard InChI is InChI=1S/C17H14BrClN2O3/c1-24-15-7-4-11(19)8-13(15)20-14-9-16(22)21(17(14)23)12-5-2-10(18)3-6-12/h2-8,14,20H,9H2,1H3/t14-/m0/s1. The van der Waals surface area contributed by atoms with Crippen molar-refractivity contribution in [1.29, 1.82) is 0 Å². The molecule has 0 saturated carbocycles. The van der Waals surface area contributed by atoms with Crippen LogP contribution < -0.4 is 15.0 Å². The Balaban J connectivity index is 1.84. The number of imide groups is 1. The Labute approximate surface area is 152 Å². The van der Waals surface area contributed by atoms with Crippen LogP contribution in [0.25, 0.3) is 0 Å². The lowest BCUT2D eigenvalue weighted by Crippen LogP contribution is -2.34. The molecule has 1 heterocycles. The number of amides is 2. The molecular weight excluding hydrogens is 396 g/mol. The molecule has 0 unspecified atom stereocenters. The van der Waals surface area contributed by atoms with Crippen LogP contribution in [0.15, 0.2) is 46.9 Å². The van der Waals surface area contributed by atoms with Crippen LogP contribution in [0.2, 0.25) is 5.02 Å². The van der Waals surface area contributed by atoms with Crippen LogP contribution in [0.5, 0.6) is 5.75 Å². The maximum Gasteiger partial charge on any atom is 0.256 e. The van der Waals surface area contributed by atoms with E-state index in [-0.39, 0.29) is 18.2 Å². The van der Waals surface area contributed by atoms with Crippen molar-refractivity contribution in [3.63, 3.8) is 0 Å². The van der Waals surface area contributed by atoms with Gasteiger partial charge in [0.05, 0.1) is 24.9 Å². The van der Waals surface area contributed by atoms with Crippen molar-refractivity contribution in [2.24, 2.45) is 0 Å². The molecule has 1 aliphatic rings. The minimum Gasteiger partial charge on any atom is -0.495 e. The number of nitrogens with zero attached hydrogens (tertiary/aromatic N) is 1. The SMILES string of the molecule is COc1ccc(Cl)cc1N[C@H]1CC(=O)N(c2ccc(Br)cc2)C1=O. The van der Waals surface area contributed by atoms with Crippen LogP contribution >= 0.6 is 27.5 Å². The number of carbonyl (C=O) groups is 2. The van der Waals surface area contributed by atoms with Crippen LogP contribution in [0.1, 0.15) is 6.42 Å². The Morgan fingerprint density at radius 3 is 2.58 bits per heavy atom. The second kappa shape index (κ2) is 6.83. The summed E-state index contributed by atoms with van der Waals surface area (Å²) in [5.74, 6) is 0.00640. The van der Waals surface area contributed by atoms with Gasteiger partial charge in [0.1, 0.15) is 11.8 Å². The molecule has 1 N–H and O–H groups in total. The van der Waals surface area contributed by atoms with E-state index in [4.69, 9.17) is 16.3 Å². The number of hydrogen-bond donors (Lipinski definition) is 1. The number of anilines is 2. The van der Waals surface area contributed by atoms with Crippen LogP contribution in [0, 0.1) is 0 Å². The van der Waals surface area contributed by atoms with Gasteiger partial charge in [-0.05, 0) is 42.5 Å². The van der Waals surface area contributed by atoms with Gasteiger partial charge in [0, 0.05) is 9.50 Å². The van der Waals surface area contributed by atoms with Gasteiger partial charge in [-0.3, -0.25) is 9.59 Å². The first-order valence-electron chi connectivity index (χ1n) is 7.22. The zero-order valence-corrected chi connectivity index (χ0v) is 15.1. The Bertz CT molecular complexity index is 795. The lowest BCUT2D eigenvalue weighted by atomic mass is 10.2. The molecule has 1 fully saturated rings. The predicted molar refractivity (Wildman–Crippen MR) is 96.7 cm³/mol. The summed E-state index contributed by atoms with van der Waals surface area (Å²) in [6.45, 7) is 0. The topological polar surface area (TPSA) is 58.6 Å². The van der Waals surface area contributed by atoms with E-state index in [1.165, 1.54) is 12.0 Å². The van der Waals surface area contributed by atoms with Crippen molar-refractivity contribution in [3.8, 4) is 5.75 Å². The number of carbonyl (C=O) groups excluding carboxylic acids is 2. The highest BCUT2D eigenvalue weighted by atomic mass is 79.9. The molecule has 0 spiro atoms. The molecule has 124 valence electrons. The maximum absolute atomic E-state index is 12.6. The Hall–Kier alpha value is -2.05. The zero-order valence-electron chi connectivity index (χ0n) is 12.8. The molecule has 0 radical (unpaired) electrons. The first-order valence-corrected chi connectivity index (χ1v) is 8.39. The van der Waals surface area contributed by atoms with E-state index in [1.807, 2.05) is 0 Å². The van der Waals surface area contributed by atoms with E-state index >= 15 is 0 Å². The zero-order chi connectivity index (χ0) is 17.3. The van der Waals surface area contributed by atoms with Gasteiger partial charge in [0.15, 0.2) is 0 Å². The quantitative estimate of drug-likeness (QED) is 0.779. The molecule has 0 aliphatic carbocycles. The maximum atomic E-state index is 12.6. The number of methoxy groups -OCH3 is 1. The monoisotopic (exact) mass is 408 g/mol. The molecule has 0 aromatic heterocycles. The third-order valence-electron chi connectivity index (χ3n) is 3.72. The predicted octanol–water partition coefficient (Wildman–Crippen LogP) is 3.86. The number of ether oxygens (including phenoxy) is 1. The summed E-state index contributed by atoms with van der Waals surface area (Å²) in [4.78, 5) is 26.1. The summed E-state index contributed by atoms with van der Waals surface area (Å²) in [6.07, 6.45) is 0.0740. The Morgan fingerprint density at radius 2 is 1.92 bits per heavy atom. The molecule has 1 atom stereocenters. The molecule has 7 heteroatoms. The van der Waals surface area contributed by atoms with Crippen LogP contribution in [0.4, 0.5) is 11.4 Å². The van der Waals surface area contributed by atoms with Crippen LogP contribution in [-0.4, -0.2) is 25.0 Å². The summed E-state index contributed by atoms with van der Waals surface area (Å²) in [5, 5.41) is 3.58. The minimum absolute atomic E-state index is 0.0740. The lowest BCUT2D eigenvalue weighted by molar-refractivity contribution is -0.121. The average Bonchev–Trinajstić information content (AvgIpc) is 2.83. The summed E-state index contributed by atoms with van der Waals surface area (Å²) in [5.41, 5.74) is 1.13. The normalized spacial score (nSPS) is 17.3. The number of nitrogens with one attached hydrogen (secondary N) is 1. The number of rotatable bonds is 4. The molecule has 3 rings (SSSR count). The summed E-state index contributed by atoms with van der Waals surface area (Å²) in [7, 11) is 1.53. The second-order valence-corrected chi connectivity index (χ2v) is 6.64. The molecular formula is C17H14BrClN2O3. The molecule has 2 aromatic carbocycles. The van der Waals surface area contributed by atoms with Crippen molar-refractivity contribution >= 4 is 50.7 Å². The van der Waals surface area contributed by atoms with Gasteiger partial charge in [0.25, 0.3) is 5.91 Å². The van der Waals surface area contributed by atoms with E-state index < -0.39 is 6.04 Å². The number of hydrogen-bond acceptors (Lipinski definition) is 4. The number of halogens is 2. The van der Waals surface area contributed by atoms with Gasteiger partial charge < -0.3 is 10.1 Å². The summed E-state index contributed by atoms with van der Waals surface area (Å²) in [6, 6.07) is 11.4. The van der Waals surface area contributed by atoms with Crippen molar-refractivity contribution in [3.05, 3.63) is 52.0 Å². The van der Waals surface area contributed by atoms with Gasteiger partial charge in [-0.1, -0.05) is 27.5 Å². The Kier molecular flexibility index (Phi) is 4.78. The highest BCUT2D eigenvalue weighted by Gasteiger charge is 2.39. The fourth-order valence-corrected chi connectivity index (χ4v) is 3.02. The van der Waals surface area contributed by atoms with Crippen molar-refractivity contribution in [1.82, 2.24) is 0 Å². The molecule has 0 bridgehead atoms. The van der Waals surface area contributed by atoms with Gasteiger partial charge in [-0.15, -0.1) is 0 Å². The van der Waals surface area contributed by atoms with E-state index in [2.05, 4.69) is 21.2 Å². The third kappa shape index (κ3) is 3.25. The van der Waals surface area contributed by atoms with E-state index in [0.717, 1.165) is 4.47 Å². The average molecular weight is 410 g/mol. The fraction of sp³-hybridized carbons (Fsp3) is 0.176. The molecule has 24 heavy (non-hydrogen) atoms. The third-order valence-corrected chi connectivity index (χ3v) is 4.49. The van der Waals surface area contributed by atoms with E-state index in [1.54, 1.807) is 42.5 Å². The summed E-state index contributed by atoms with van der Waals surface area (Å²) >= 11 is 9.34. The molecule has 2 aromatic rings. The Morgan fingerprint density at radius 1 is 1.21 bits per heavy atom. The first-order chi connectivity index (χ1) is 11.5. The molecule has 1 saturated heterocycles. The van der Waals surface area contributed by atoms with Gasteiger partial charge in [0.2, 0.25) is 5.91 Å². The van der Waals surface area contributed by atoms with Crippen molar-refractivity contribution in [2.75, 3.05) is 17.3 Å². The van der Waals surface area contributed by atoms with Crippen molar-refractivity contribution < 1.29 is 14.3 Å². The fourth-order valence-electron chi connectivity index (χ4n) is 2.59. The van der Waals surface area contributed by atoms with Crippen molar-refractivity contribution in [2.45, 2.75) is 12.5 Å². The largest absolute Gasteiger partial charge is 0.495 e. The van der Waals surface area contributed by atoms with Gasteiger partial charge in [-0.2, -0.15) is 0 Å². The molecule has 5 nitrogen and oxygen atoms in total. The van der Waals surface area contributed by atoms with E-state index in [0.29, 0.717) is 22.1 Å². The summed E-state index contributed by atoms with van der Waals surface area (Å²) < 4.78 is 6.14. The second-order valence-electron chi connectivity index (χ2n) is 5.29. The number of benzene rings is 2. The van der Waals surface area contributed by atoms with Gasteiger partial charge >= 0.3 is 0 Å². The smallest absolute Gasteiger partial charge is 0.256 e. The first kappa shape index (κ1) is 16.8. The van der Waals surface area contributed by atoms with Crippen LogP contribution in [-0.2, 0) is 9.59 Å². The highest BCUT2D eigenvalue weighted by Crippen LogP contribution is 2.31. The molecule has 2 amide bonds. The molecule has 1 aliphatic heterocycles. The highest BCUT2D eigenvalue weighted by molar-refractivity contribution is 9.10. The lowest BCUT2D eigenvalue weighted by Gasteiger charge is -2.17. The van der Waals surface area contributed by atoms with E-state index in [9.17, 15) is 9.59 Å². The minimum atomic E-state index is -0.659.